The van der Waals surface area contributed by atoms with Gasteiger partial charge in [0.1, 0.15) is 19.8 Å². The summed E-state index contributed by atoms with van der Waals surface area (Å²) >= 11 is 0. The molecule has 0 fully saturated rings. The summed E-state index contributed by atoms with van der Waals surface area (Å²) in [6.45, 7) is 4.41. The Bertz CT molecular complexity index is 1010. The van der Waals surface area contributed by atoms with Crippen LogP contribution in [0.3, 0.4) is 0 Å². The van der Waals surface area contributed by atoms with E-state index in [1.165, 1.54) is 116 Å². The lowest BCUT2D eigenvalue weighted by Crippen LogP contribution is -2.37. The maximum atomic E-state index is 12.7. The molecule has 0 aromatic heterocycles. The van der Waals surface area contributed by atoms with E-state index in [0.717, 1.165) is 57.8 Å². The third kappa shape index (κ3) is 42.1. The number of carbonyl (C=O) groups is 2. The number of esters is 2. The van der Waals surface area contributed by atoms with E-state index in [4.69, 9.17) is 18.5 Å². The van der Waals surface area contributed by atoms with Crippen LogP contribution in [0.15, 0.2) is 24.3 Å². The molecule has 2 atom stereocenters. The molecule has 0 spiro atoms. The summed E-state index contributed by atoms with van der Waals surface area (Å²) in [4.78, 5) is 35.4. The zero-order chi connectivity index (χ0) is 41.4. The normalized spacial score (nSPS) is 13.8. The van der Waals surface area contributed by atoms with Gasteiger partial charge in [0.2, 0.25) is 0 Å². The fraction of sp³-hybridized carbons (Fsp3) is 0.870. The Labute approximate surface area is 345 Å². The van der Waals surface area contributed by atoms with Crippen LogP contribution in [0.5, 0.6) is 0 Å². The molecule has 330 valence electrons. The number of rotatable bonds is 42. The lowest BCUT2D eigenvalue weighted by molar-refractivity contribution is -0.870. The fourth-order valence-electron chi connectivity index (χ4n) is 6.30. The first-order valence-electron chi connectivity index (χ1n) is 23.1. The summed E-state index contributed by atoms with van der Waals surface area (Å²) in [5.41, 5.74) is 0. The maximum absolute atomic E-state index is 12.7. The van der Waals surface area contributed by atoms with Crippen LogP contribution in [-0.4, -0.2) is 74.9 Å². The molecule has 0 aromatic carbocycles. The molecule has 0 aromatic rings. The minimum atomic E-state index is -4.37. The average molecular weight is 815 g/mol. The van der Waals surface area contributed by atoms with Gasteiger partial charge in [-0.15, -0.1) is 0 Å². The van der Waals surface area contributed by atoms with Gasteiger partial charge in [-0.3, -0.25) is 18.6 Å². The molecule has 0 heterocycles. The minimum Gasteiger partial charge on any atom is -0.462 e. The summed E-state index contributed by atoms with van der Waals surface area (Å²) in [6, 6.07) is 0. The zero-order valence-electron chi connectivity index (χ0n) is 37.1. The molecule has 0 bridgehead atoms. The van der Waals surface area contributed by atoms with Crippen molar-refractivity contribution in [2.45, 2.75) is 213 Å². The van der Waals surface area contributed by atoms with Gasteiger partial charge >= 0.3 is 19.8 Å². The molecule has 1 N–H and O–H groups in total. The van der Waals surface area contributed by atoms with E-state index < -0.39 is 26.5 Å². The number of unbranched alkanes of at least 4 members (excludes halogenated alkanes) is 24. The van der Waals surface area contributed by atoms with E-state index >= 15 is 0 Å². The fourth-order valence-corrected chi connectivity index (χ4v) is 7.04. The number of quaternary nitrogens is 1. The first kappa shape index (κ1) is 54.5. The molecular formula is C46H89NO8P+. The van der Waals surface area contributed by atoms with Gasteiger partial charge < -0.3 is 18.9 Å². The van der Waals surface area contributed by atoms with Gasteiger partial charge in [-0.25, -0.2) is 4.57 Å². The second-order valence-corrected chi connectivity index (χ2v) is 18.2. The molecule has 1 unspecified atom stereocenters. The Hall–Kier alpha value is -1.51. The SMILES string of the molecule is CCCCCC/C=C/CCCCCCCC(=O)OC[C@H](COP(=O)(O)OCC[N+](C)(C)C)OC(=O)CCCCCCCCCCC/C=C/CCCCCCCC. The molecule has 56 heavy (non-hydrogen) atoms. The van der Waals surface area contributed by atoms with Crippen LogP contribution in [-0.2, 0) is 32.7 Å². The van der Waals surface area contributed by atoms with Crippen LogP contribution in [0, 0.1) is 0 Å². The Balaban J connectivity index is 4.31. The monoisotopic (exact) mass is 815 g/mol. The molecule has 9 nitrogen and oxygen atoms in total. The van der Waals surface area contributed by atoms with Crippen molar-refractivity contribution in [2.75, 3.05) is 47.5 Å². The van der Waals surface area contributed by atoms with Gasteiger partial charge in [0.15, 0.2) is 6.10 Å². The first-order valence-corrected chi connectivity index (χ1v) is 24.6. The lowest BCUT2D eigenvalue weighted by atomic mass is 10.1. The number of hydrogen-bond donors (Lipinski definition) is 1. The molecule has 0 saturated carbocycles. The summed E-state index contributed by atoms with van der Waals surface area (Å²) in [5.74, 6) is -0.806. The molecular weight excluding hydrogens is 725 g/mol. The summed E-state index contributed by atoms with van der Waals surface area (Å²) in [7, 11) is 1.47. The van der Waals surface area contributed by atoms with E-state index in [2.05, 4.69) is 38.2 Å². The highest BCUT2D eigenvalue weighted by Crippen LogP contribution is 2.43. The molecule has 0 aliphatic heterocycles. The third-order valence-electron chi connectivity index (χ3n) is 9.95. The van der Waals surface area contributed by atoms with Gasteiger partial charge in [0.25, 0.3) is 0 Å². The van der Waals surface area contributed by atoms with Crippen molar-refractivity contribution < 1.29 is 42.1 Å². The van der Waals surface area contributed by atoms with Gasteiger partial charge in [-0.05, 0) is 64.2 Å². The quantitative estimate of drug-likeness (QED) is 0.0213. The topological polar surface area (TPSA) is 108 Å². The average Bonchev–Trinajstić information content (AvgIpc) is 3.15. The molecule has 0 aliphatic carbocycles. The zero-order valence-corrected chi connectivity index (χ0v) is 38.0. The molecule has 10 heteroatoms. The van der Waals surface area contributed by atoms with Crippen molar-refractivity contribution in [3.05, 3.63) is 24.3 Å². The number of phosphoric acid groups is 1. The highest BCUT2D eigenvalue weighted by molar-refractivity contribution is 7.47. The molecule has 0 aliphatic rings. The van der Waals surface area contributed by atoms with Crippen molar-refractivity contribution >= 4 is 19.8 Å². The van der Waals surface area contributed by atoms with Gasteiger partial charge in [0, 0.05) is 12.8 Å². The largest absolute Gasteiger partial charge is 0.472 e. The predicted molar refractivity (Wildman–Crippen MR) is 234 cm³/mol. The number of phosphoric ester groups is 1. The molecule has 0 radical (unpaired) electrons. The lowest BCUT2D eigenvalue weighted by Gasteiger charge is -2.24. The molecule has 0 rings (SSSR count). The minimum absolute atomic E-state index is 0.0313. The van der Waals surface area contributed by atoms with E-state index in [-0.39, 0.29) is 32.0 Å². The molecule has 0 amide bonds. The van der Waals surface area contributed by atoms with Crippen LogP contribution in [0.4, 0.5) is 0 Å². The Morgan fingerprint density at radius 2 is 0.911 bits per heavy atom. The van der Waals surface area contributed by atoms with Gasteiger partial charge in [-0.1, -0.05) is 154 Å². The smallest absolute Gasteiger partial charge is 0.462 e. The highest BCUT2D eigenvalue weighted by atomic mass is 31.2. The Morgan fingerprint density at radius 1 is 0.536 bits per heavy atom. The number of ether oxygens (including phenoxy) is 2. The van der Waals surface area contributed by atoms with Crippen molar-refractivity contribution in [2.24, 2.45) is 0 Å². The van der Waals surface area contributed by atoms with Crippen molar-refractivity contribution in [1.29, 1.82) is 0 Å². The molecule has 0 saturated heterocycles. The predicted octanol–water partition coefficient (Wildman–Crippen LogP) is 13.1. The van der Waals surface area contributed by atoms with Crippen LogP contribution >= 0.6 is 7.82 Å². The third-order valence-corrected chi connectivity index (χ3v) is 10.9. The van der Waals surface area contributed by atoms with E-state index in [0.29, 0.717) is 17.4 Å². The summed E-state index contributed by atoms with van der Waals surface area (Å²) in [6.07, 6.45) is 42.2. The summed E-state index contributed by atoms with van der Waals surface area (Å²) in [5, 5.41) is 0. The Morgan fingerprint density at radius 3 is 1.34 bits per heavy atom. The van der Waals surface area contributed by atoms with E-state index in [1.54, 1.807) is 0 Å². The number of likely N-dealkylation sites (N-methyl/N-ethyl adjacent to an activating group) is 1. The number of allylic oxidation sites excluding steroid dienone is 4. The number of hydrogen-bond acceptors (Lipinski definition) is 7. The number of nitrogens with zero attached hydrogens (tertiary/aromatic N) is 1. The maximum Gasteiger partial charge on any atom is 0.472 e. The van der Waals surface area contributed by atoms with Crippen LogP contribution in [0.1, 0.15) is 206 Å². The van der Waals surface area contributed by atoms with Gasteiger partial charge in [0.05, 0.1) is 27.7 Å². The summed E-state index contributed by atoms with van der Waals surface area (Å²) < 4.78 is 34.3. The van der Waals surface area contributed by atoms with Crippen molar-refractivity contribution in [3.8, 4) is 0 Å². The van der Waals surface area contributed by atoms with Crippen LogP contribution < -0.4 is 0 Å². The van der Waals surface area contributed by atoms with Gasteiger partial charge in [-0.2, -0.15) is 0 Å². The second-order valence-electron chi connectivity index (χ2n) is 16.8. The van der Waals surface area contributed by atoms with Crippen LogP contribution in [0.25, 0.3) is 0 Å². The van der Waals surface area contributed by atoms with Crippen LogP contribution in [0.2, 0.25) is 0 Å². The van der Waals surface area contributed by atoms with E-state index in [1.807, 2.05) is 21.1 Å². The van der Waals surface area contributed by atoms with E-state index in [9.17, 15) is 19.0 Å². The van der Waals surface area contributed by atoms with Crippen molar-refractivity contribution in [3.63, 3.8) is 0 Å². The standard InChI is InChI=1S/C46H88NO8P/c1-6-8-10-12-14-16-18-20-21-22-23-24-25-27-29-31-33-35-37-39-46(49)55-44(43-54-56(50,51)53-41-40-47(3,4)5)42-52-45(48)38-36-34-32-30-28-26-19-17-15-13-11-9-7-2/h17,19-21,44H,6-16,18,22-43H2,1-5H3/p+1/b19-17+,21-20+/t44-/m1/s1. The number of carbonyl (C=O) groups excluding carboxylic acids is 2. The van der Waals surface area contributed by atoms with Crippen molar-refractivity contribution in [1.82, 2.24) is 0 Å². The highest BCUT2D eigenvalue weighted by Gasteiger charge is 2.27. The second kappa shape index (κ2) is 39.0. The first-order chi connectivity index (χ1) is 27.0. The Kier molecular flexibility index (Phi) is 37.9.